The monoisotopic (exact) mass is 543 g/mol. The molecule has 3 aromatic rings. The average Bonchev–Trinajstić information content (AvgIpc) is 3.83. The van der Waals surface area contributed by atoms with Crippen LogP contribution in [0.2, 0.25) is 0 Å². The van der Waals surface area contributed by atoms with Gasteiger partial charge in [-0.15, -0.1) is 0 Å². The van der Waals surface area contributed by atoms with Crippen LogP contribution in [-0.4, -0.2) is 48.9 Å². The minimum Gasteiger partial charge on any atom is -0.355 e. The lowest BCUT2D eigenvalue weighted by atomic mass is 9.86. The topological polar surface area (TPSA) is 106 Å². The molecule has 3 aromatic heterocycles. The molecule has 1 saturated heterocycles. The van der Waals surface area contributed by atoms with E-state index in [1.54, 1.807) is 39.8 Å². The molecule has 2 aliphatic carbocycles. The molecule has 0 aromatic carbocycles. The SMILES string of the molecule is CCn1nccc1C(=O)N[C@H](c1cn2nc(CC3C[C@@H](C(F)(F)F)CNC3=O)ccc2n1)C(C1CC1)C1CC1. The smallest absolute Gasteiger partial charge is 0.355 e. The molecule has 9 nitrogen and oxygen atoms in total. The Morgan fingerprint density at radius 2 is 1.92 bits per heavy atom. The summed E-state index contributed by atoms with van der Waals surface area (Å²) in [7, 11) is 0. The van der Waals surface area contributed by atoms with Gasteiger partial charge in [-0.2, -0.15) is 23.4 Å². The van der Waals surface area contributed by atoms with Crippen LogP contribution in [0.25, 0.3) is 5.65 Å². The van der Waals surface area contributed by atoms with Crippen LogP contribution in [0.5, 0.6) is 0 Å². The van der Waals surface area contributed by atoms with Gasteiger partial charge in [-0.1, -0.05) is 0 Å². The van der Waals surface area contributed by atoms with Crippen molar-refractivity contribution in [2.75, 3.05) is 6.54 Å². The molecule has 0 radical (unpaired) electrons. The summed E-state index contributed by atoms with van der Waals surface area (Å²) >= 11 is 0. The van der Waals surface area contributed by atoms with Crippen LogP contribution in [0.3, 0.4) is 0 Å². The molecule has 2 saturated carbocycles. The van der Waals surface area contributed by atoms with Gasteiger partial charge in [-0.25, -0.2) is 9.50 Å². The summed E-state index contributed by atoms with van der Waals surface area (Å²) in [4.78, 5) is 30.5. The van der Waals surface area contributed by atoms with Crippen molar-refractivity contribution in [3.8, 4) is 0 Å². The predicted molar refractivity (Wildman–Crippen MR) is 134 cm³/mol. The van der Waals surface area contributed by atoms with Gasteiger partial charge in [-0.3, -0.25) is 14.3 Å². The van der Waals surface area contributed by atoms with Gasteiger partial charge in [0.05, 0.1) is 29.5 Å². The molecule has 2 N–H and O–H groups in total. The second-order valence-corrected chi connectivity index (χ2v) is 11.1. The number of halogens is 3. The zero-order chi connectivity index (χ0) is 27.3. The third kappa shape index (κ3) is 5.38. The number of rotatable bonds is 9. The van der Waals surface area contributed by atoms with Gasteiger partial charge in [0.25, 0.3) is 5.91 Å². The van der Waals surface area contributed by atoms with E-state index in [2.05, 4.69) is 20.8 Å². The largest absolute Gasteiger partial charge is 0.393 e. The number of nitrogens with zero attached hydrogens (tertiary/aromatic N) is 5. The van der Waals surface area contributed by atoms with Crippen LogP contribution in [0.15, 0.2) is 30.6 Å². The summed E-state index contributed by atoms with van der Waals surface area (Å²) in [5.41, 5.74) is 2.31. The quantitative estimate of drug-likeness (QED) is 0.428. The van der Waals surface area contributed by atoms with E-state index in [0.717, 1.165) is 25.7 Å². The van der Waals surface area contributed by atoms with Crippen molar-refractivity contribution in [1.82, 2.24) is 35.0 Å². The van der Waals surface area contributed by atoms with Crippen molar-refractivity contribution in [2.45, 2.75) is 64.2 Å². The van der Waals surface area contributed by atoms with E-state index in [0.29, 0.717) is 41.1 Å². The Morgan fingerprint density at radius 3 is 2.59 bits per heavy atom. The third-order valence-electron chi connectivity index (χ3n) is 8.35. The van der Waals surface area contributed by atoms with Crippen LogP contribution in [-0.2, 0) is 17.8 Å². The molecule has 6 rings (SSSR count). The Labute approximate surface area is 223 Å². The van der Waals surface area contributed by atoms with Crippen molar-refractivity contribution < 1.29 is 22.8 Å². The van der Waals surface area contributed by atoms with E-state index in [1.807, 2.05) is 6.92 Å². The zero-order valence-corrected chi connectivity index (χ0v) is 21.7. The molecular formula is C27H32F3N7O2. The highest BCUT2D eigenvalue weighted by Gasteiger charge is 2.47. The molecule has 3 fully saturated rings. The van der Waals surface area contributed by atoms with Gasteiger partial charge in [0, 0.05) is 31.6 Å². The number of amides is 2. The number of carbonyl (C=O) groups excluding carboxylic acids is 2. The van der Waals surface area contributed by atoms with Gasteiger partial charge >= 0.3 is 6.18 Å². The van der Waals surface area contributed by atoms with E-state index < -0.39 is 18.0 Å². The number of imidazole rings is 1. The highest BCUT2D eigenvalue weighted by atomic mass is 19.4. The fourth-order valence-electron chi connectivity index (χ4n) is 6.03. The predicted octanol–water partition coefficient (Wildman–Crippen LogP) is 3.71. The lowest BCUT2D eigenvalue weighted by Gasteiger charge is -2.30. The average molecular weight is 544 g/mol. The van der Waals surface area contributed by atoms with Gasteiger partial charge in [0.15, 0.2) is 5.65 Å². The molecule has 0 bridgehead atoms. The van der Waals surface area contributed by atoms with Crippen LogP contribution in [0.4, 0.5) is 13.2 Å². The minimum absolute atomic E-state index is 0.107. The van der Waals surface area contributed by atoms with Crippen LogP contribution < -0.4 is 10.6 Å². The fraction of sp³-hybridized carbons (Fsp3) is 0.593. The Hall–Kier alpha value is -3.44. The number of nitrogens with one attached hydrogen (secondary N) is 2. The standard InChI is InChI=1S/C27H32F3N7O2/c1-2-36-21(9-10-32-36)26(39)34-24(23(15-3-4-15)16-5-6-16)20-14-37-22(33-20)8-7-19(35-37)12-17-11-18(27(28,29)30)13-31-25(17)38/h7-10,14-18,23-24H,2-6,11-13H2,1H3,(H,31,38)(H,34,39)/t17?,18-,24-/m1/s1. The highest BCUT2D eigenvalue weighted by Crippen LogP contribution is 2.54. The number of piperidine rings is 1. The molecule has 3 atom stereocenters. The fourth-order valence-corrected chi connectivity index (χ4v) is 6.03. The van der Waals surface area contributed by atoms with E-state index in [4.69, 9.17) is 4.98 Å². The second kappa shape index (κ2) is 9.95. The molecule has 1 unspecified atom stereocenters. The summed E-state index contributed by atoms with van der Waals surface area (Å²) in [6, 6.07) is 4.90. The Kier molecular flexibility index (Phi) is 6.58. The maximum atomic E-state index is 13.3. The Morgan fingerprint density at radius 1 is 1.18 bits per heavy atom. The molecule has 4 heterocycles. The molecule has 12 heteroatoms. The first-order valence-corrected chi connectivity index (χ1v) is 13.7. The first kappa shape index (κ1) is 25.8. The van der Waals surface area contributed by atoms with Crippen LogP contribution >= 0.6 is 0 Å². The second-order valence-electron chi connectivity index (χ2n) is 11.1. The van der Waals surface area contributed by atoms with Crippen molar-refractivity contribution >= 4 is 17.5 Å². The van der Waals surface area contributed by atoms with Crippen molar-refractivity contribution in [3.63, 3.8) is 0 Å². The van der Waals surface area contributed by atoms with Crippen LogP contribution in [0, 0.1) is 29.6 Å². The number of carbonyl (C=O) groups is 2. The first-order chi connectivity index (χ1) is 18.7. The minimum atomic E-state index is -4.35. The molecule has 1 aliphatic heterocycles. The van der Waals surface area contributed by atoms with Gasteiger partial charge < -0.3 is 10.6 Å². The van der Waals surface area contributed by atoms with Crippen LogP contribution in [0.1, 0.15) is 66.9 Å². The molecule has 2 amide bonds. The summed E-state index contributed by atoms with van der Waals surface area (Å²) in [6.45, 7) is 2.13. The van der Waals surface area contributed by atoms with Gasteiger partial charge in [0.2, 0.25) is 5.91 Å². The van der Waals surface area contributed by atoms with Gasteiger partial charge in [0.1, 0.15) is 5.69 Å². The maximum Gasteiger partial charge on any atom is 0.393 e. The number of alkyl halides is 3. The van der Waals surface area contributed by atoms with Crippen molar-refractivity contribution in [1.29, 1.82) is 0 Å². The molecule has 3 aliphatic rings. The number of fused-ring (bicyclic) bond motifs is 1. The van der Waals surface area contributed by atoms with E-state index in [-0.39, 0.29) is 43.2 Å². The molecule has 39 heavy (non-hydrogen) atoms. The maximum absolute atomic E-state index is 13.3. The molecular weight excluding hydrogens is 511 g/mol. The van der Waals surface area contributed by atoms with E-state index >= 15 is 0 Å². The summed E-state index contributed by atoms with van der Waals surface area (Å²) < 4.78 is 43.1. The number of aromatic nitrogens is 5. The zero-order valence-electron chi connectivity index (χ0n) is 21.7. The van der Waals surface area contributed by atoms with Gasteiger partial charge in [-0.05, 0) is 75.0 Å². The highest BCUT2D eigenvalue weighted by molar-refractivity contribution is 5.92. The van der Waals surface area contributed by atoms with Crippen molar-refractivity contribution in [3.05, 3.63) is 47.7 Å². The lowest BCUT2D eigenvalue weighted by Crippen LogP contribution is -2.47. The Balaban J connectivity index is 1.26. The number of aryl methyl sites for hydroxylation is 1. The summed E-state index contributed by atoms with van der Waals surface area (Å²) in [5.74, 6) is -1.57. The van der Waals surface area contributed by atoms with E-state index in [9.17, 15) is 22.8 Å². The normalized spacial score (nSPS) is 22.7. The Bertz CT molecular complexity index is 1360. The van der Waals surface area contributed by atoms with Crippen molar-refractivity contribution in [2.24, 2.45) is 29.6 Å². The molecule has 208 valence electrons. The van der Waals surface area contributed by atoms with E-state index in [1.165, 1.54) is 0 Å². The summed E-state index contributed by atoms with van der Waals surface area (Å²) in [6.07, 6.45) is 3.47. The lowest BCUT2D eigenvalue weighted by molar-refractivity contribution is -0.183. The number of hydrogen-bond acceptors (Lipinski definition) is 5. The molecule has 0 spiro atoms. The number of hydrogen-bond donors (Lipinski definition) is 2. The third-order valence-corrected chi connectivity index (χ3v) is 8.35. The first-order valence-electron chi connectivity index (χ1n) is 13.7. The summed E-state index contributed by atoms with van der Waals surface area (Å²) in [5, 5.41) is 14.5.